The molecule has 0 saturated carbocycles. The summed E-state index contributed by atoms with van der Waals surface area (Å²) in [6, 6.07) is 68.2. The molecule has 0 amide bonds. The highest BCUT2D eigenvalue weighted by molar-refractivity contribution is 5.76. The van der Waals surface area contributed by atoms with E-state index in [1.807, 2.05) is 0 Å². The van der Waals surface area contributed by atoms with E-state index >= 15 is 0 Å². The molecule has 0 aliphatic heterocycles. The Balaban J connectivity index is 0.915. The van der Waals surface area contributed by atoms with E-state index in [9.17, 15) is 0 Å². The lowest BCUT2D eigenvalue weighted by molar-refractivity contribution is 0.728. The van der Waals surface area contributed by atoms with Crippen molar-refractivity contribution in [2.75, 3.05) is 10.2 Å². The Hall–Kier alpha value is -7.42. The molecule has 0 aromatic heterocycles. The summed E-state index contributed by atoms with van der Waals surface area (Å²) in [6.45, 7) is 2.28. The van der Waals surface area contributed by atoms with Crippen LogP contribution in [0.5, 0.6) is 0 Å². The van der Waals surface area contributed by atoms with Crippen LogP contribution in [0.15, 0.2) is 260 Å². The average Bonchev–Trinajstić information content (AvgIpc) is 3.36. The number of nitrogens with zero attached hydrogens (tertiary/aromatic N) is 1. The number of hydrogen-bond acceptors (Lipinski definition) is 2. The summed E-state index contributed by atoms with van der Waals surface area (Å²) >= 11 is 0. The normalized spacial score (nSPS) is 19.2. The lowest BCUT2D eigenvalue weighted by Crippen LogP contribution is -2.26. The monoisotopic (exact) mass is 812 g/mol. The van der Waals surface area contributed by atoms with E-state index in [-0.39, 0.29) is 12.0 Å². The van der Waals surface area contributed by atoms with Crippen LogP contribution in [0.3, 0.4) is 0 Å². The zero-order valence-electron chi connectivity index (χ0n) is 35.8. The summed E-state index contributed by atoms with van der Waals surface area (Å²) in [6.07, 6.45) is 23.2. The van der Waals surface area contributed by atoms with Crippen LogP contribution in [-0.4, -0.2) is 6.04 Å². The summed E-state index contributed by atoms with van der Waals surface area (Å²) < 4.78 is 0. The fourth-order valence-corrected chi connectivity index (χ4v) is 9.14. The number of nitrogens with one attached hydrogen (secondary N) is 1. The third-order valence-electron chi connectivity index (χ3n) is 12.8. The number of hydrogen-bond donors (Lipinski definition) is 1. The number of benzene rings is 7. The van der Waals surface area contributed by atoms with E-state index in [0.29, 0.717) is 11.8 Å². The van der Waals surface area contributed by atoms with E-state index in [0.717, 1.165) is 29.9 Å². The van der Waals surface area contributed by atoms with Crippen molar-refractivity contribution in [2.24, 2.45) is 5.92 Å². The molecule has 0 heterocycles. The van der Waals surface area contributed by atoms with Crippen molar-refractivity contribution in [1.29, 1.82) is 0 Å². The van der Waals surface area contributed by atoms with Crippen LogP contribution in [0.1, 0.15) is 42.7 Å². The Morgan fingerprint density at radius 1 is 0.429 bits per heavy atom. The van der Waals surface area contributed by atoms with E-state index in [1.54, 1.807) is 0 Å². The van der Waals surface area contributed by atoms with Crippen LogP contribution >= 0.6 is 0 Å². The second kappa shape index (κ2) is 18.3. The first-order valence-electron chi connectivity index (χ1n) is 22.4. The van der Waals surface area contributed by atoms with Crippen molar-refractivity contribution in [2.45, 2.75) is 37.6 Å². The Labute approximate surface area is 373 Å². The van der Waals surface area contributed by atoms with Gasteiger partial charge in [0, 0.05) is 34.6 Å². The summed E-state index contributed by atoms with van der Waals surface area (Å²) in [5, 5.41) is 3.88. The first-order chi connectivity index (χ1) is 31.1. The quantitative estimate of drug-likeness (QED) is 0.140. The lowest BCUT2D eigenvalue weighted by atomic mass is 9.82. The molecule has 4 unspecified atom stereocenters. The van der Waals surface area contributed by atoms with Gasteiger partial charge in [-0.2, -0.15) is 0 Å². The van der Waals surface area contributed by atoms with Crippen LogP contribution in [0.25, 0.3) is 33.4 Å². The minimum absolute atomic E-state index is 0.104. The fourth-order valence-electron chi connectivity index (χ4n) is 9.14. The maximum atomic E-state index is 3.88. The Morgan fingerprint density at radius 3 is 1.46 bits per heavy atom. The molecule has 1 N–H and O–H groups in total. The maximum absolute atomic E-state index is 3.88. The molecule has 7 aromatic rings. The van der Waals surface area contributed by atoms with Gasteiger partial charge in [0.2, 0.25) is 0 Å². The summed E-state index contributed by atoms with van der Waals surface area (Å²) in [5.41, 5.74) is 17.1. The number of allylic oxidation sites excluding steroid dienone is 9. The van der Waals surface area contributed by atoms with Crippen LogP contribution < -0.4 is 10.2 Å². The van der Waals surface area contributed by atoms with E-state index < -0.39 is 0 Å². The third kappa shape index (κ3) is 8.99. The molecule has 2 nitrogen and oxygen atoms in total. The first kappa shape index (κ1) is 39.7. The van der Waals surface area contributed by atoms with Crippen molar-refractivity contribution in [3.63, 3.8) is 0 Å². The SMILES string of the molecule is CC1C=CC(C2=CC(c3ccc(-c4ccc(N(C5=CCC(c6ccccc6)C=C5)c5ccc(-c6ccccc6)cc5)cc4)cc3)C(Nc3ccc(-c4ccccc4)cc3)C=C2)=CC1. The highest BCUT2D eigenvalue weighted by atomic mass is 15.1. The molecule has 0 bridgehead atoms. The third-order valence-corrected chi connectivity index (χ3v) is 12.8. The van der Waals surface area contributed by atoms with E-state index in [1.165, 1.54) is 61.4 Å². The molecule has 3 aliphatic rings. The highest BCUT2D eigenvalue weighted by Gasteiger charge is 2.25. The van der Waals surface area contributed by atoms with Crippen LogP contribution in [0.2, 0.25) is 0 Å². The Morgan fingerprint density at radius 2 is 0.937 bits per heavy atom. The van der Waals surface area contributed by atoms with E-state index in [2.05, 4.69) is 260 Å². The van der Waals surface area contributed by atoms with Gasteiger partial charge in [0.25, 0.3) is 0 Å². The molecule has 4 atom stereocenters. The van der Waals surface area contributed by atoms with Gasteiger partial charge in [0.1, 0.15) is 0 Å². The minimum Gasteiger partial charge on any atom is -0.378 e. The fraction of sp³-hybridized carbons (Fsp3) is 0.115. The largest absolute Gasteiger partial charge is 0.378 e. The molecule has 10 rings (SSSR count). The molecule has 63 heavy (non-hydrogen) atoms. The second-order valence-corrected chi connectivity index (χ2v) is 17.0. The summed E-state index contributed by atoms with van der Waals surface area (Å²) in [4.78, 5) is 2.39. The van der Waals surface area contributed by atoms with Gasteiger partial charge in [-0.3, -0.25) is 0 Å². The predicted molar refractivity (Wildman–Crippen MR) is 267 cm³/mol. The maximum Gasteiger partial charge on any atom is 0.0551 e. The lowest BCUT2D eigenvalue weighted by Gasteiger charge is -2.30. The molecule has 7 aromatic carbocycles. The van der Waals surface area contributed by atoms with Gasteiger partial charge in [0.15, 0.2) is 0 Å². The van der Waals surface area contributed by atoms with Crippen LogP contribution in [-0.2, 0) is 0 Å². The van der Waals surface area contributed by atoms with Crippen LogP contribution in [0.4, 0.5) is 17.1 Å². The zero-order valence-corrected chi connectivity index (χ0v) is 35.8. The van der Waals surface area contributed by atoms with Gasteiger partial charge in [0.05, 0.1) is 6.04 Å². The Kier molecular flexibility index (Phi) is 11.5. The minimum atomic E-state index is 0.104. The standard InChI is InChI=1S/C61H52N2/c1-44-17-19-53(20-18-44)55-33-42-61(62-56-34-25-49(26-35-56)45-11-5-2-6-12-45)60(43-55)54-23-21-48(22-24-54)52-31-40-59(41-32-52)63(57-36-27-50(28-37-57)46-13-7-3-8-14-46)58-38-29-51(30-39-58)47-15-9-4-10-16-47/h2-17,19-29,31-44,51,60-62H,18,30H2,1H3. The van der Waals surface area contributed by atoms with Crippen molar-refractivity contribution < 1.29 is 0 Å². The van der Waals surface area contributed by atoms with Gasteiger partial charge in [-0.1, -0.05) is 207 Å². The van der Waals surface area contributed by atoms with Gasteiger partial charge in [-0.25, -0.2) is 0 Å². The first-order valence-corrected chi connectivity index (χ1v) is 22.4. The topological polar surface area (TPSA) is 15.3 Å². The van der Waals surface area contributed by atoms with Gasteiger partial charge < -0.3 is 10.2 Å². The number of rotatable bonds is 11. The van der Waals surface area contributed by atoms with Gasteiger partial charge in [-0.15, -0.1) is 0 Å². The molecule has 0 saturated heterocycles. The molecule has 3 aliphatic carbocycles. The highest BCUT2D eigenvalue weighted by Crippen LogP contribution is 2.39. The second-order valence-electron chi connectivity index (χ2n) is 17.0. The predicted octanol–water partition coefficient (Wildman–Crippen LogP) is 16.0. The van der Waals surface area contributed by atoms with Crippen LogP contribution in [0, 0.1) is 5.92 Å². The molecule has 2 heteroatoms. The van der Waals surface area contributed by atoms with Crippen molar-refractivity contribution >= 4 is 17.1 Å². The average molecular weight is 813 g/mol. The van der Waals surface area contributed by atoms with E-state index in [4.69, 9.17) is 0 Å². The van der Waals surface area contributed by atoms with Crippen molar-refractivity contribution in [3.8, 4) is 33.4 Å². The molecule has 0 fully saturated rings. The number of anilines is 3. The Bertz CT molecular complexity index is 2830. The van der Waals surface area contributed by atoms with Crippen molar-refractivity contribution in [3.05, 3.63) is 271 Å². The van der Waals surface area contributed by atoms with Crippen molar-refractivity contribution in [1.82, 2.24) is 0 Å². The zero-order chi connectivity index (χ0) is 42.4. The summed E-state index contributed by atoms with van der Waals surface area (Å²) in [5.74, 6) is 1.11. The molecular formula is C61H52N2. The van der Waals surface area contributed by atoms with Gasteiger partial charge >= 0.3 is 0 Å². The molecular weight excluding hydrogens is 761 g/mol. The van der Waals surface area contributed by atoms with Gasteiger partial charge in [-0.05, 0) is 117 Å². The summed E-state index contributed by atoms with van der Waals surface area (Å²) in [7, 11) is 0. The smallest absolute Gasteiger partial charge is 0.0551 e. The molecule has 0 radical (unpaired) electrons. The molecule has 0 spiro atoms. The molecule has 306 valence electrons.